The summed E-state index contributed by atoms with van der Waals surface area (Å²) in [6.07, 6.45) is 2.02. The summed E-state index contributed by atoms with van der Waals surface area (Å²) >= 11 is 0. The summed E-state index contributed by atoms with van der Waals surface area (Å²) in [5, 5.41) is 0. The molecule has 1 aliphatic heterocycles. The minimum atomic E-state index is 0.472. The smallest absolute Gasteiger partial charge is 0.0879 e. The van der Waals surface area contributed by atoms with Crippen LogP contribution in [0.15, 0.2) is 18.2 Å². The average Bonchev–Trinajstić information content (AvgIpc) is 2.75. The van der Waals surface area contributed by atoms with E-state index < -0.39 is 0 Å². The third-order valence-corrected chi connectivity index (χ3v) is 2.76. The van der Waals surface area contributed by atoms with Crippen LogP contribution in [-0.2, 0) is 11.2 Å². The lowest BCUT2D eigenvalue weighted by atomic mass is 10.0. The van der Waals surface area contributed by atoms with Crippen LogP contribution >= 0.6 is 0 Å². The van der Waals surface area contributed by atoms with Gasteiger partial charge in [-0.3, -0.25) is 0 Å². The molecule has 1 aromatic rings. The fourth-order valence-corrected chi connectivity index (χ4v) is 1.68. The van der Waals surface area contributed by atoms with Gasteiger partial charge in [-0.1, -0.05) is 23.8 Å². The summed E-state index contributed by atoms with van der Waals surface area (Å²) in [7, 11) is 0. The van der Waals surface area contributed by atoms with Gasteiger partial charge in [-0.05, 0) is 31.9 Å². The fraction of sp³-hybridized carbons (Fsp3) is 0.500. The maximum atomic E-state index is 5.42. The van der Waals surface area contributed by atoms with Crippen molar-refractivity contribution in [3.8, 4) is 0 Å². The molecule has 0 aromatic heterocycles. The van der Waals surface area contributed by atoms with Gasteiger partial charge in [0.15, 0.2) is 0 Å². The van der Waals surface area contributed by atoms with E-state index in [1.807, 2.05) is 0 Å². The molecule has 2 unspecified atom stereocenters. The van der Waals surface area contributed by atoms with Gasteiger partial charge in [-0.15, -0.1) is 0 Å². The topological polar surface area (TPSA) is 12.5 Å². The van der Waals surface area contributed by atoms with Crippen LogP contribution in [0.2, 0.25) is 0 Å². The molecule has 1 fully saturated rings. The van der Waals surface area contributed by atoms with E-state index in [1.165, 1.54) is 16.7 Å². The highest BCUT2D eigenvalue weighted by Crippen LogP contribution is 2.26. The lowest BCUT2D eigenvalue weighted by Gasteiger charge is -2.04. The van der Waals surface area contributed by atoms with Crippen LogP contribution in [0.4, 0.5) is 0 Å². The SMILES string of the molecule is Cc1ccc(C)c(CC2OC2C)c1. The van der Waals surface area contributed by atoms with Gasteiger partial charge in [0.1, 0.15) is 0 Å². The fourth-order valence-electron chi connectivity index (χ4n) is 1.68. The van der Waals surface area contributed by atoms with Crippen molar-refractivity contribution in [1.82, 2.24) is 0 Å². The molecule has 1 saturated heterocycles. The molecular formula is C12H16O. The number of hydrogen-bond acceptors (Lipinski definition) is 1. The molecule has 0 aliphatic carbocycles. The minimum absolute atomic E-state index is 0.472. The average molecular weight is 176 g/mol. The summed E-state index contributed by atoms with van der Waals surface area (Å²) in [4.78, 5) is 0. The number of rotatable bonds is 2. The molecule has 2 atom stereocenters. The Morgan fingerprint density at radius 2 is 2.00 bits per heavy atom. The van der Waals surface area contributed by atoms with E-state index in [1.54, 1.807) is 0 Å². The van der Waals surface area contributed by atoms with Crippen molar-refractivity contribution >= 4 is 0 Å². The first-order chi connectivity index (χ1) is 6.16. The Hall–Kier alpha value is -0.820. The monoisotopic (exact) mass is 176 g/mol. The van der Waals surface area contributed by atoms with Crippen LogP contribution in [0.1, 0.15) is 23.6 Å². The first-order valence-electron chi connectivity index (χ1n) is 4.88. The maximum Gasteiger partial charge on any atom is 0.0879 e. The normalized spacial score (nSPS) is 26.1. The first-order valence-corrected chi connectivity index (χ1v) is 4.88. The molecule has 1 nitrogen and oxygen atoms in total. The molecule has 0 amide bonds. The standard InChI is InChI=1S/C12H16O/c1-8-4-5-9(2)11(6-8)7-12-10(3)13-12/h4-6,10,12H,7H2,1-3H3. The maximum absolute atomic E-state index is 5.42. The van der Waals surface area contributed by atoms with Crippen molar-refractivity contribution < 1.29 is 4.74 Å². The second-order valence-electron chi connectivity index (χ2n) is 4.01. The molecule has 13 heavy (non-hydrogen) atoms. The van der Waals surface area contributed by atoms with Crippen LogP contribution in [0.5, 0.6) is 0 Å². The van der Waals surface area contributed by atoms with Gasteiger partial charge in [0.05, 0.1) is 12.2 Å². The van der Waals surface area contributed by atoms with E-state index >= 15 is 0 Å². The van der Waals surface area contributed by atoms with Crippen LogP contribution in [-0.4, -0.2) is 12.2 Å². The quantitative estimate of drug-likeness (QED) is 0.631. The van der Waals surface area contributed by atoms with Crippen LogP contribution in [0.25, 0.3) is 0 Å². The van der Waals surface area contributed by atoms with E-state index in [-0.39, 0.29) is 0 Å². The number of epoxide rings is 1. The van der Waals surface area contributed by atoms with Crippen molar-refractivity contribution in [2.24, 2.45) is 0 Å². The Labute approximate surface area is 79.7 Å². The summed E-state index contributed by atoms with van der Waals surface area (Å²) < 4.78 is 5.42. The van der Waals surface area contributed by atoms with Gasteiger partial charge < -0.3 is 4.74 Å². The molecule has 1 heteroatoms. The van der Waals surface area contributed by atoms with Crippen molar-refractivity contribution in [2.75, 3.05) is 0 Å². The lowest BCUT2D eigenvalue weighted by Crippen LogP contribution is -1.98. The minimum Gasteiger partial charge on any atom is -0.370 e. The number of hydrogen-bond donors (Lipinski definition) is 0. The molecule has 2 rings (SSSR count). The van der Waals surface area contributed by atoms with Gasteiger partial charge >= 0.3 is 0 Å². The Morgan fingerprint density at radius 1 is 1.31 bits per heavy atom. The molecule has 1 heterocycles. The second kappa shape index (κ2) is 3.15. The molecule has 0 saturated carbocycles. The predicted octanol–water partition coefficient (Wildman–Crippen LogP) is 2.63. The number of benzene rings is 1. The third kappa shape index (κ3) is 1.92. The molecule has 0 spiro atoms. The van der Waals surface area contributed by atoms with Crippen molar-refractivity contribution in [3.63, 3.8) is 0 Å². The zero-order valence-electron chi connectivity index (χ0n) is 8.50. The number of aryl methyl sites for hydroxylation is 2. The molecule has 1 aromatic carbocycles. The van der Waals surface area contributed by atoms with Crippen molar-refractivity contribution in [2.45, 2.75) is 39.4 Å². The highest BCUT2D eigenvalue weighted by Gasteiger charge is 2.34. The van der Waals surface area contributed by atoms with Gasteiger partial charge in [0, 0.05) is 6.42 Å². The summed E-state index contributed by atoms with van der Waals surface area (Å²) in [5.74, 6) is 0. The largest absolute Gasteiger partial charge is 0.370 e. The molecule has 70 valence electrons. The molecule has 0 bridgehead atoms. The zero-order chi connectivity index (χ0) is 9.42. The highest BCUT2D eigenvalue weighted by molar-refractivity contribution is 5.31. The first kappa shape index (κ1) is 8.76. The van der Waals surface area contributed by atoms with Crippen molar-refractivity contribution in [3.05, 3.63) is 34.9 Å². The summed E-state index contributed by atoms with van der Waals surface area (Å²) in [5.41, 5.74) is 4.16. The van der Waals surface area contributed by atoms with Gasteiger partial charge in [0.2, 0.25) is 0 Å². The van der Waals surface area contributed by atoms with Gasteiger partial charge in [0.25, 0.3) is 0 Å². The van der Waals surface area contributed by atoms with E-state index in [0.717, 1.165) is 6.42 Å². The Morgan fingerprint density at radius 3 is 2.62 bits per heavy atom. The van der Waals surface area contributed by atoms with Crippen molar-refractivity contribution in [1.29, 1.82) is 0 Å². The highest BCUT2D eigenvalue weighted by atomic mass is 16.6. The van der Waals surface area contributed by atoms with E-state index in [4.69, 9.17) is 4.74 Å². The van der Waals surface area contributed by atoms with Gasteiger partial charge in [-0.25, -0.2) is 0 Å². The summed E-state index contributed by atoms with van der Waals surface area (Å²) in [6.45, 7) is 6.44. The molecular weight excluding hydrogens is 160 g/mol. The van der Waals surface area contributed by atoms with Crippen LogP contribution in [0, 0.1) is 13.8 Å². The van der Waals surface area contributed by atoms with E-state index in [0.29, 0.717) is 12.2 Å². The molecule has 1 aliphatic rings. The third-order valence-electron chi connectivity index (χ3n) is 2.76. The zero-order valence-corrected chi connectivity index (χ0v) is 8.50. The Bertz CT molecular complexity index is 317. The number of ether oxygens (including phenoxy) is 1. The lowest BCUT2D eigenvalue weighted by molar-refractivity contribution is 0.378. The Balaban J connectivity index is 2.14. The summed E-state index contributed by atoms with van der Waals surface area (Å²) in [6, 6.07) is 6.62. The van der Waals surface area contributed by atoms with Crippen LogP contribution < -0.4 is 0 Å². The second-order valence-corrected chi connectivity index (χ2v) is 4.01. The van der Waals surface area contributed by atoms with E-state index in [2.05, 4.69) is 39.0 Å². The van der Waals surface area contributed by atoms with Crippen LogP contribution in [0.3, 0.4) is 0 Å². The van der Waals surface area contributed by atoms with E-state index in [9.17, 15) is 0 Å². The molecule has 0 N–H and O–H groups in total. The molecule has 0 radical (unpaired) electrons. The Kier molecular flexibility index (Phi) is 2.12. The van der Waals surface area contributed by atoms with Gasteiger partial charge in [-0.2, -0.15) is 0 Å². The predicted molar refractivity (Wildman–Crippen MR) is 54.0 cm³/mol.